The standard InChI is InChI=1S/C12H14INO/c1-7-6-10(7)12(15)14-11-4-3-9(13)5-8(11)2/h3-5,7,10H,6H2,1-2H3,(H,14,15). The maximum atomic E-state index is 11.7. The van der Waals surface area contributed by atoms with Gasteiger partial charge >= 0.3 is 0 Å². The number of carbonyl (C=O) groups excluding carboxylic acids is 1. The first-order valence-corrected chi connectivity index (χ1v) is 6.23. The highest BCUT2D eigenvalue weighted by molar-refractivity contribution is 14.1. The van der Waals surface area contributed by atoms with Crippen LogP contribution in [0.2, 0.25) is 0 Å². The molecule has 1 saturated carbocycles. The molecule has 15 heavy (non-hydrogen) atoms. The zero-order valence-electron chi connectivity index (χ0n) is 8.88. The highest BCUT2D eigenvalue weighted by Gasteiger charge is 2.39. The summed E-state index contributed by atoms with van der Waals surface area (Å²) in [5.74, 6) is 0.977. The minimum atomic E-state index is 0.173. The summed E-state index contributed by atoms with van der Waals surface area (Å²) >= 11 is 2.27. The Morgan fingerprint density at radius 3 is 2.73 bits per heavy atom. The molecule has 2 nitrogen and oxygen atoms in total. The van der Waals surface area contributed by atoms with Crippen molar-refractivity contribution in [1.82, 2.24) is 0 Å². The van der Waals surface area contributed by atoms with E-state index in [1.54, 1.807) is 0 Å². The summed E-state index contributed by atoms with van der Waals surface area (Å²) in [6.45, 7) is 4.14. The van der Waals surface area contributed by atoms with Gasteiger partial charge < -0.3 is 5.32 Å². The van der Waals surface area contributed by atoms with E-state index in [2.05, 4.69) is 40.9 Å². The third-order valence-electron chi connectivity index (χ3n) is 2.89. The second-order valence-corrected chi connectivity index (χ2v) is 5.51. The van der Waals surface area contributed by atoms with Crippen molar-refractivity contribution in [2.45, 2.75) is 20.3 Å². The molecule has 0 heterocycles. The Labute approximate surface area is 104 Å². The van der Waals surface area contributed by atoms with Crippen molar-refractivity contribution in [3.63, 3.8) is 0 Å². The lowest BCUT2D eigenvalue weighted by atomic mass is 10.2. The molecule has 0 aliphatic heterocycles. The number of anilines is 1. The number of benzene rings is 1. The molecule has 0 spiro atoms. The topological polar surface area (TPSA) is 29.1 Å². The fraction of sp³-hybridized carbons (Fsp3) is 0.417. The van der Waals surface area contributed by atoms with Crippen LogP contribution in [0, 0.1) is 22.3 Å². The molecule has 1 amide bonds. The van der Waals surface area contributed by atoms with Crippen LogP contribution in [-0.4, -0.2) is 5.91 Å². The third-order valence-corrected chi connectivity index (χ3v) is 3.56. The molecular formula is C12H14INO. The Morgan fingerprint density at radius 1 is 1.53 bits per heavy atom. The van der Waals surface area contributed by atoms with Crippen LogP contribution in [0.4, 0.5) is 5.69 Å². The van der Waals surface area contributed by atoms with E-state index < -0.39 is 0 Å². The second kappa shape index (κ2) is 4.12. The van der Waals surface area contributed by atoms with Gasteiger partial charge in [-0.1, -0.05) is 6.92 Å². The molecule has 0 radical (unpaired) electrons. The maximum Gasteiger partial charge on any atom is 0.227 e. The Bertz CT molecular complexity index is 403. The lowest BCUT2D eigenvalue weighted by molar-refractivity contribution is -0.117. The number of hydrogen-bond acceptors (Lipinski definition) is 1. The predicted molar refractivity (Wildman–Crippen MR) is 69.8 cm³/mol. The first-order valence-electron chi connectivity index (χ1n) is 5.15. The van der Waals surface area contributed by atoms with E-state index in [0.717, 1.165) is 17.7 Å². The summed E-state index contributed by atoms with van der Waals surface area (Å²) in [6.07, 6.45) is 1.04. The number of carbonyl (C=O) groups is 1. The SMILES string of the molecule is Cc1cc(I)ccc1NC(=O)C1CC1C. The summed E-state index contributed by atoms with van der Waals surface area (Å²) in [5, 5.41) is 2.99. The van der Waals surface area contributed by atoms with Crippen molar-refractivity contribution in [3.05, 3.63) is 27.3 Å². The Morgan fingerprint density at radius 2 is 2.20 bits per heavy atom. The Kier molecular flexibility index (Phi) is 3.00. The Balaban J connectivity index is 2.07. The van der Waals surface area contributed by atoms with Crippen molar-refractivity contribution in [3.8, 4) is 0 Å². The molecule has 3 heteroatoms. The highest BCUT2D eigenvalue weighted by Crippen LogP contribution is 2.38. The van der Waals surface area contributed by atoms with Crippen LogP contribution >= 0.6 is 22.6 Å². The fourth-order valence-electron chi connectivity index (χ4n) is 1.68. The van der Waals surface area contributed by atoms with E-state index in [-0.39, 0.29) is 11.8 Å². The van der Waals surface area contributed by atoms with Gasteiger partial charge in [-0.2, -0.15) is 0 Å². The van der Waals surface area contributed by atoms with E-state index in [1.165, 1.54) is 3.57 Å². The fourth-order valence-corrected chi connectivity index (χ4v) is 2.33. The average Bonchev–Trinajstić information content (AvgIpc) is 2.88. The van der Waals surface area contributed by atoms with Gasteiger partial charge in [-0.15, -0.1) is 0 Å². The van der Waals surface area contributed by atoms with Crippen molar-refractivity contribution in [1.29, 1.82) is 0 Å². The smallest absolute Gasteiger partial charge is 0.227 e. The van der Waals surface area contributed by atoms with Gasteiger partial charge in [-0.3, -0.25) is 4.79 Å². The zero-order chi connectivity index (χ0) is 11.0. The predicted octanol–water partition coefficient (Wildman–Crippen LogP) is 3.19. The summed E-state index contributed by atoms with van der Waals surface area (Å²) in [5.41, 5.74) is 2.07. The van der Waals surface area contributed by atoms with Crippen LogP contribution in [0.5, 0.6) is 0 Å². The molecule has 0 aromatic heterocycles. The minimum absolute atomic E-state index is 0.173. The van der Waals surface area contributed by atoms with Crippen LogP contribution in [0.3, 0.4) is 0 Å². The van der Waals surface area contributed by atoms with E-state index in [9.17, 15) is 4.79 Å². The van der Waals surface area contributed by atoms with Crippen LogP contribution < -0.4 is 5.32 Å². The van der Waals surface area contributed by atoms with Crippen LogP contribution in [0.15, 0.2) is 18.2 Å². The van der Waals surface area contributed by atoms with Gasteiger partial charge in [0.1, 0.15) is 0 Å². The molecule has 1 fully saturated rings. The summed E-state index contributed by atoms with van der Waals surface area (Å²) in [4.78, 5) is 11.7. The molecule has 1 N–H and O–H groups in total. The first-order chi connectivity index (χ1) is 7.08. The van der Waals surface area contributed by atoms with Gasteiger partial charge in [0.15, 0.2) is 0 Å². The monoisotopic (exact) mass is 315 g/mol. The van der Waals surface area contributed by atoms with Crippen molar-refractivity contribution in [2.75, 3.05) is 5.32 Å². The van der Waals surface area contributed by atoms with Crippen LogP contribution in [-0.2, 0) is 4.79 Å². The molecule has 1 aliphatic rings. The van der Waals surface area contributed by atoms with Gasteiger partial charge in [0, 0.05) is 15.2 Å². The molecule has 80 valence electrons. The summed E-state index contributed by atoms with van der Waals surface area (Å²) in [6, 6.07) is 6.06. The minimum Gasteiger partial charge on any atom is -0.326 e. The quantitative estimate of drug-likeness (QED) is 0.835. The zero-order valence-corrected chi connectivity index (χ0v) is 11.0. The first kappa shape index (κ1) is 10.9. The van der Waals surface area contributed by atoms with Gasteiger partial charge in [0.2, 0.25) is 5.91 Å². The normalized spacial score (nSPS) is 23.7. The number of halogens is 1. The molecule has 0 saturated heterocycles. The van der Waals surface area contributed by atoms with E-state index in [0.29, 0.717) is 5.92 Å². The number of nitrogens with one attached hydrogen (secondary N) is 1. The summed E-state index contributed by atoms with van der Waals surface area (Å²) < 4.78 is 1.20. The van der Waals surface area contributed by atoms with Gasteiger partial charge in [-0.05, 0) is 65.6 Å². The van der Waals surface area contributed by atoms with Gasteiger partial charge in [-0.25, -0.2) is 0 Å². The molecule has 1 aliphatic carbocycles. The van der Waals surface area contributed by atoms with E-state index >= 15 is 0 Å². The Hall–Kier alpha value is -0.580. The van der Waals surface area contributed by atoms with E-state index in [1.807, 2.05) is 19.1 Å². The second-order valence-electron chi connectivity index (χ2n) is 4.27. The molecule has 1 aromatic carbocycles. The lowest BCUT2D eigenvalue weighted by Crippen LogP contribution is -2.15. The lowest BCUT2D eigenvalue weighted by Gasteiger charge is -2.08. The highest BCUT2D eigenvalue weighted by atomic mass is 127. The largest absolute Gasteiger partial charge is 0.326 e. The average molecular weight is 315 g/mol. The number of aryl methyl sites for hydroxylation is 1. The summed E-state index contributed by atoms with van der Waals surface area (Å²) in [7, 11) is 0. The van der Waals surface area contributed by atoms with Crippen LogP contribution in [0.1, 0.15) is 18.9 Å². The third kappa shape index (κ3) is 2.51. The number of rotatable bonds is 2. The van der Waals surface area contributed by atoms with Gasteiger partial charge in [0.05, 0.1) is 0 Å². The molecule has 2 atom stereocenters. The molecule has 2 unspecified atom stereocenters. The number of hydrogen-bond donors (Lipinski definition) is 1. The molecular weight excluding hydrogens is 301 g/mol. The van der Waals surface area contributed by atoms with Crippen molar-refractivity contribution in [2.24, 2.45) is 11.8 Å². The maximum absolute atomic E-state index is 11.7. The van der Waals surface area contributed by atoms with Crippen molar-refractivity contribution >= 4 is 34.2 Å². The van der Waals surface area contributed by atoms with Gasteiger partial charge in [0.25, 0.3) is 0 Å². The molecule has 1 aromatic rings. The van der Waals surface area contributed by atoms with Crippen LogP contribution in [0.25, 0.3) is 0 Å². The van der Waals surface area contributed by atoms with Crippen molar-refractivity contribution < 1.29 is 4.79 Å². The number of amides is 1. The molecule has 2 rings (SSSR count). The van der Waals surface area contributed by atoms with E-state index in [4.69, 9.17) is 0 Å². The molecule has 0 bridgehead atoms.